The van der Waals surface area contributed by atoms with Gasteiger partial charge in [0.15, 0.2) is 0 Å². The smallest absolute Gasteiger partial charge is 0.340 e. The van der Waals surface area contributed by atoms with Crippen molar-refractivity contribution in [1.82, 2.24) is 4.98 Å². The molecule has 4 heteroatoms. The Balaban J connectivity index is 3.09. The summed E-state index contributed by atoms with van der Waals surface area (Å²) in [6, 6.07) is 3.44. The lowest BCUT2D eigenvalue weighted by Gasteiger charge is -2.07. The van der Waals surface area contributed by atoms with E-state index in [0.29, 0.717) is 12.3 Å². The Labute approximate surface area is 94.4 Å². The molecule has 0 saturated carbocycles. The fraction of sp³-hybridized carbons (Fsp3) is 0.167. The first-order chi connectivity index (χ1) is 7.70. The Morgan fingerprint density at radius 1 is 1.56 bits per heavy atom. The first-order valence-corrected chi connectivity index (χ1v) is 4.90. The normalized spacial score (nSPS) is 11.6. The number of ether oxygens (including phenoxy) is 1. The summed E-state index contributed by atoms with van der Waals surface area (Å²) >= 11 is 0. The van der Waals surface area contributed by atoms with Gasteiger partial charge in [0, 0.05) is 18.0 Å². The zero-order valence-electron chi connectivity index (χ0n) is 9.14. The van der Waals surface area contributed by atoms with Crippen molar-refractivity contribution >= 4 is 11.7 Å². The number of aromatic nitrogens is 1. The minimum Gasteiger partial charge on any atom is -0.462 e. The van der Waals surface area contributed by atoms with Gasteiger partial charge in [0.25, 0.3) is 0 Å². The summed E-state index contributed by atoms with van der Waals surface area (Å²) in [4.78, 5) is 15.4. The van der Waals surface area contributed by atoms with Crippen molar-refractivity contribution in [3.63, 3.8) is 0 Å². The second kappa shape index (κ2) is 5.70. The van der Waals surface area contributed by atoms with Crippen molar-refractivity contribution in [2.24, 2.45) is 5.73 Å². The Morgan fingerprint density at radius 3 is 2.69 bits per heavy atom. The zero-order valence-corrected chi connectivity index (χ0v) is 9.14. The second-order valence-electron chi connectivity index (χ2n) is 2.99. The number of pyridine rings is 1. The van der Waals surface area contributed by atoms with Crippen LogP contribution in [0.5, 0.6) is 0 Å². The van der Waals surface area contributed by atoms with Gasteiger partial charge in [0.1, 0.15) is 0 Å². The van der Waals surface area contributed by atoms with E-state index in [-0.39, 0.29) is 5.57 Å². The van der Waals surface area contributed by atoms with Gasteiger partial charge >= 0.3 is 5.97 Å². The van der Waals surface area contributed by atoms with E-state index in [1.165, 1.54) is 6.08 Å². The number of hydrogen-bond acceptors (Lipinski definition) is 4. The maximum Gasteiger partial charge on any atom is 0.340 e. The topological polar surface area (TPSA) is 65.2 Å². The van der Waals surface area contributed by atoms with Crippen LogP contribution in [0.4, 0.5) is 0 Å². The molecule has 0 fully saturated rings. The molecule has 0 aromatic carbocycles. The van der Waals surface area contributed by atoms with E-state index in [4.69, 9.17) is 10.5 Å². The first kappa shape index (κ1) is 12.0. The SMILES string of the molecule is C=C/C(C(=O)OCC)=C(/N)c1ccncc1. The highest BCUT2D eigenvalue weighted by atomic mass is 16.5. The Hall–Kier alpha value is -2.10. The highest BCUT2D eigenvalue weighted by molar-refractivity contribution is 5.99. The number of esters is 1. The van der Waals surface area contributed by atoms with Gasteiger partial charge in [-0.05, 0) is 19.1 Å². The Bertz CT molecular complexity index is 410. The van der Waals surface area contributed by atoms with Crippen molar-refractivity contribution in [3.8, 4) is 0 Å². The molecule has 0 atom stereocenters. The van der Waals surface area contributed by atoms with E-state index in [2.05, 4.69) is 11.6 Å². The van der Waals surface area contributed by atoms with Crippen LogP contribution in [0.15, 0.2) is 42.8 Å². The van der Waals surface area contributed by atoms with Crippen molar-refractivity contribution in [2.75, 3.05) is 6.61 Å². The molecule has 16 heavy (non-hydrogen) atoms. The van der Waals surface area contributed by atoms with Crippen LogP contribution in [-0.2, 0) is 9.53 Å². The number of carbonyl (C=O) groups is 1. The third-order valence-corrected chi connectivity index (χ3v) is 1.98. The van der Waals surface area contributed by atoms with Gasteiger partial charge in [0.05, 0.1) is 17.9 Å². The third-order valence-electron chi connectivity index (χ3n) is 1.98. The molecule has 0 aliphatic rings. The maximum absolute atomic E-state index is 11.5. The average molecular weight is 218 g/mol. The van der Waals surface area contributed by atoms with Crippen LogP contribution in [0.1, 0.15) is 12.5 Å². The molecule has 4 nitrogen and oxygen atoms in total. The van der Waals surface area contributed by atoms with Crippen LogP contribution < -0.4 is 5.73 Å². The predicted octanol–water partition coefficient (Wildman–Crippen LogP) is 1.50. The van der Waals surface area contributed by atoms with Crippen LogP contribution in [-0.4, -0.2) is 17.6 Å². The van der Waals surface area contributed by atoms with Crippen LogP contribution in [0.25, 0.3) is 5.70 Å². The highest BCUT2D eigenvalue weighted by Gasteiger charge is 2.12. The summed E-state index contributed by atoms with van der Waals surface area (Å²) in [5.74, 6) is -0.466. The van der Waals surface area contributed by atoms with Gasteiger partial charge < -0.3 is 10.5 Å². The number of hydrogen-bond donors (Lipinski definition) is 1. The molecule has 0 saturated heterocycles. The van der Waals surface area contributed by atoms with Gasteiger partial charge in [-0.15, -0.1) is 0 Å². The van der Waals surface area contributed by atoms with Gasteiger partial charge in [-0.2, -0.15) is 0 Å². The molecule has 1 rings (SSSR count). The van der Waals surface area contributed by atoms with Crippen molar-refractivity contribution in [3.05, 3.63) is 48.3 Å². The standard InChI is InChI=1S/C12H14N2O2/c1-3-10(12(15)16-4-2)11(13)9-5-7-14-8-6-9/h3,5-8H,1,4,13H2,2H3/b11-10-. The molecule has 0 amide bonds. The molecule has 1 aromatic heterocycles. The molecule has 1 heterocycles. The lowest BCUT2D eigenvalue weighted by molar-refractivity contribution is -0.138. The van der Waals surface area contributed by atoms with Gasteiger partial charge in [0.2, 0.25) is 0 Å². The highest BCUT2D eigenvalue weighted by Crippen LogP contribution is 2.14. The van der Waals surface area contributed by atoms with Crippen LogP contribution in [0.3, 0.4) is 0 Å². The molecule has 0 aliphatic heterocycles. The Kier molecular flexibility index (Phi) is 4.27. The summed E-state index contributed by atoms with van der Waals surface area (Å²) in [5, 5.41) is 0. The van der Waals surface area contributed by atoms with Crippen LogP contribution in [0, 0.1) is 0 Å². The number of carbonyl (C=O) groups excluding carboxylic acids is 1. The average Bonchev–Trinajstić information content (AvgIpc) is 2.31. The fourth-order valence-corrected chi connectivity index (χ4v) is 1.20. The summed E-state index contributed by atoms with van der Waals surface area (Å²) in [6.07, 6.45) is 4.61. The molecule has 0 aliphatic carbocycles. The summed E-state index contributed by atoms with van der Waals surface area (Å²) in [5.41, 5.74) is 7.20. The fourth-order valence-electron chi connectivity index (χ4n) is 1.20. The van der Waals surface area contributed by atoms with Gasteiger partial charge in [-0.3, -0.25) is 4.98 Å². The molecule has 0 bridgehead atoms. The number of nitrogens with zero attached hydrogens (tertiary/aromatic N) is 1. The zero-order chi connectivity index (χ0) is 12.0. The maximum atomic E-state index is 11.5. The van der Waals surface area contributed by atoms with Crippen molar-refractivity contribution in [2.45, 2.75) is 6.92 Å². The second-order valence-corrected chi connectivity index (χ2v) is 2.99. The lowest BCUT2D eigenvalue weighted by atomic mass is 10.1. The van der Waals surface area contributed by atoms with E-state index in [1.807, 2.05) is 0 Å². The van der Waals surface area contributed by atoms with Crippen LogP contribution in [0.2, 0.25) is 0 Å². The van der Waals surface area contributed by atoms with E-state index in [1.54, 1.807) is 31.5 Å². The van der Waals surface area contributed by atoms with Crippen molar-refractivity contribution in [1.29, 1.82) is 0 Å². The number of rotatable bonds is 4. The molecule has 0 radical (unpaired) electrons. The van der Waals surface area contributed by atoms with E-state index in [0.717, 1.165) is 5.56 Å². The number of nitrogens with two attached hydrogens (primary N) is 1. The van der Waals surface area contributed by atoms with E-state index >= 15 is 0 Å². The molecule has 0 spiro atoms. The van der Waals surface area contributed by atoms with Crippen LogP contribution >= 0.6 is 0 Å². The summed E-state index contributed by atoms with van der Waals surface area (Å²) in [7, 11) is 0. The predicted molar refractivity (Wildman–Crippen MR) is 62.2 cm³/mol. The van der Waals surface area contributed by atoms with E-state index in [9.17, 15) is 4.79 Å². The monoisotopic (exact) mass is 218 g/mol. The molecule has 0 unspecified atom stereocenters. The van der Waals surface area contributed by atoms with Crippen molar-refractivity contribution < 1.29 is 9.53 Å². The summed E-state index contributed by atoms with van der Waals surface area (Å²) < 4.78 is 4.87. The van der Waals surface area contributed by atoms with E-state index < -0.39 is 5.97 Å². The first-order valence-electron chi connectivity index (χ1n) is 4.90. The molecular weight excluding hydrogens is 204 g/mol. The molecule has 2 N–H and O–H groups in total. The molecular formula is C12H14N2O2. The third kappa shape index (κ3) is 2.70. The largest absolute Gasteiger partial charge is 0.462 e. The lowest BCUT2D eigenvalue weighted by Crippen LogP contribution is -2.12. The van der Waals surface area contributed by atoms with Gasteiger partial charge in [-0.25, -0.2) is 4.79 Å². The summed E-state index contributed by atoms with van der Waals surface area (Å²) in [6.45, 7) is 5.60. The van der Waals surface area contributed by atoms with Gasteiger partial charge in [-0.1, -0.05) is 12.7 Å². The molecule has 84 valence electrons. The Morgan fingerprint density at radius 2 is 2.19 bits per heavy atom. The molecule has 1 aromatic rings. The minimum absolute atomic E-state index is 0.271. The minimum atomic E-state index is -0.466. The quantitative estimate of drug-likeness (QED) is 0.472.